The maximum Gasteiger partial charge on any atom is 0.250 e. The summed E-state index contributed by atoms with van der Waals surface area (Å²) in [6, 6.07) is 14.0. The number of likely N-dealkylation sites (tertiary alicyclic amines) is 1. The Morgan fingerprint density at radius 1 is 1.10 bits per heavy atom. The SMILES string of the molecule is CC[C@@H](CO)N1C(=O)[C@@H]2[C@@H](C(=O)NCc3ccccc3)[C@@]3(CC)CCC2(O3)C1C(=O)Nc1cc(C)ccc1C. The number of carbonyl (C=O) groups is 3. The van der Waals surface area contributed by atoms with Gasteiger partial charge < -0.3 is 25.4 Å². The highest BCUT2D eigenvalue weighted by atomic mass is 16.5. The van der Waals surface area contributed by atoms with Gasteiger partial charge in [-0.3, -0.25) is 14.4 Å². The van der Waals surface area contributed by atoms with E-state index in [-0.39, 0.29) is 24.3 Å². The average Bonchev–Trinajstić information content (AvgIpc) is 3.54. The smallest absolute Gasteiger partial charge is 0.250 e. The molecule has 3 heterocycles. The number of anilines is 1. The van der Waals surface area contributed by atoms with Gasteiger partial charge in [0.1, 0.15) is 11.6 Å². The number of fused-ring (bicyclic) bond motifs is 1. The zero-order valence-electron chi connectivity index (χ0n) is 23.2. The van der Waals surface area contributed by atoms with Gasteiger partial charge in [-0.2, -0.15) is 0 Å². The first-order valence-electron chi connectivity index (χ1n) is 14.0. The topological polar surface area (TPSA) is 108 Å². The Balaban J connectivity index is 1.52. The molecule has 3 N–H and O–H groups in total. The number of hydrogen-bond donors (Lipinski definition) is 3. The van der Waals surface area contributed by atoms with E-state index in [2.05, 4.69) is 10.6 Å². The number of nitrogens with zero attached hydrogens (tertiary/aromatic N) is 1. The fraction of sp³-hybridized carbons (Fsp3) is 0.516. The molecule has 39 heavy (non-hydrogen) atoms. The molecular weight excluding hydrogens is 494 g/mol. The van der Waals surface area contributed by atoms with Crippen LogP contribution in [0.2, 0.25) is 0 Å². The molecule has 6 atom stereocenters. The van der Waals surface area contributed by atoms with Crippen LogP contribution in [0, 0.1) is 25.7 Å². The number of hydrogen-bond acceptors (Lipinski definition) is 5. The van der Waals surface area contributed by atoms with Crippen LogP contribution in [-0.4, -0.2) is 57.6 Å². The minimum atomic E-state index is -1.13. The lowest BCUT2D eigenvalue weighted by atomic mass is 9.65. The van der Waals surface area contributed by atoms with E-state index in [9.17, 15) is 19.5 Å². The van der Waals surface area contributed by atoms with Gasteiger partial charge >= 0.3 is 0 Å². The van der Waals surface area contributed by atoms with Crippen molar-refractivity contribution in [2.24, 2.45) is 11.8 Å². The largest absolute Gasteiger partial charge is 0.394 e. The van der Waals surface area contributed by atoms with Gasteiger partial charge in [0.2, 0.25) is 17.7 Å². The summed E-state index contributed by atoms with van der Waals surface area (Å²) in [6.07, 6.45) is 2.13. The fourth-order valence-electron chi connectivity index (χ4n) is 7.13. The highest BCUT2D eigenvalue weighted by molar-refractivity contribution is 6.04. The zero-order valence-corrected chi connectivity index (χ0v) is 23.2. The molecule has 3 saturated heterocycles. The van der Waals surface area contributed by atoms with E-state index in [1.807, 2.05) is 76.2 Å². The highest BCUT2D eigenvalue weighted by Gasteiger charge is 2.79. The van der Waals surface area contributed by atoms with Gasteiger partial charge in [-0.25, -0.2) is 0 Å². The van der Waals surface area contributed by atoms with Gasteiger partial charge in [-0.05, 0) is 62.3 Å². The molecule has 0 radical (unpaired) electrons. The molecular formula is C31H39N3O5. The van der Waals surface area contributed by atoms with Crippen molar-refractivity contribution < 1.29 is 24.2 Å². The lowest BCUT2D eigenvalue weighted by Crippen LogP contribution is -2.56. The molecule has 2 aromatic rings. The van der Waals surface area contributed by atoms with Gasteiger partial charge in [0.15, 0.2) is 0 Å². The minimum absolute atomic E-state index is 0.229. The predicted octanol–water partition coefficient (Wildman–Crippen LogP) is 3.48. The normalized spacial score (nSPS) is 29.8. The summed E-state index contributed by atoms with van der Waals surface area (Å²) in [7, 11) is 0. The molecule has 1 spiro atoms. The minimum Gasteiger partial charge on any atom is -0.394 e. The van der Waals surface area contributed by atoms with Crippen LogP contribution in [0.15, 0.2) is 48.5 Å². The second-order valence-electron chi connectivity index (χ2n) is 11.3. The summed E-state index contributed by atoms with van der Waals surface area (Å²) >= 11 is 0. The van der Waals surface area contributed by atoms with Crippen molar-refractivity contribution in [1.82, 2.24) is 10.2 Å². The summed E-state index contributed by atoms with van der Waals surface area (Å²) in [4.78, 5) is 43.7. The Morgan fingerprint density at radius 2 is 1.85 bits per heavy atom. The predicted molar refractivity (Wildman–Crippen MR) is 148 cm³/mol. The highest BCUT2D eigenvalue weighted by Crippen LogP contribution is 2.64. The quantitative estimate of drug-likeness (QED) is 0.458. The first-order valence-corrected chi connectivity index (χ1v) is 14.0. The van der Waals surface area contributed by atoms with Crippen molar-refractivity contribution in [1.29, 1.82) is 0 Å². The second-order valence-corrected chi connectivity index (χ2v) is 11.3. The molecule has 8 nitrogen and oxygen atoms in total. The number of ether oxygens (including phenoxy) is 1. The first-order chi connectivity index (χ1) is 18.7. The summed E-state index contributed by atoms with van der Waals surface area (Å²) < 4.78 is 6.81. The average molecular weight is 534 g/mol. The Kier molecular flexibility index (Phi) is 7.29. The van der Waals surface area contributed by atoms with Crippen molar-refractivity contribution >= 4 is 23.4 Å². The molecule has 3 aliphatic rings. The van der Waals surface area contributed by atoms with Crippen molar-refractivity contribution in [2.75, 3.05) is 11.9 Å². The van der Waals surface area contributed by atoms with E-state index < -0.39 is 35.1 Å². The number of rotatable bonds is 9. The van der Waals surface area contributed by atoms with Crippen LogP contribution in [0.1, 0.15) is 56.2 Å². The molecule has 2 unspecified atom stereocenters. The van der Waals surface area contributed by atoms with Gasteiger partial charge in [0.25, 0.3) is 0 Å². The number of aliphatic hydroxyl groups is 1. The van der Waals surface area contributed by atoms with Crippen LogP contribution < -0.4 is 10.6 Å². The van der Waals surface area contributed by atoms with Gasteiger partial charge in [0, 0.05) is 12.2 Å². The maximum absolute atomic E-state index is 14.2. The molecule has 2 aromatic carbocycles. The summed E-state index contributed by atoms with van der Waals surface area (Å²) in [5.74, 6) is -2.37. The van der Waals surface area contributed by atoms with E-state index >= 15 is 0 Å². The van der Waals surface area contributed by atoms with Crippen molar-refractivity contribution in [3.05, 3.63) is 65.2 Å². The van der Waals surface area contributed by atoms with Crippen molar-refractivity contribution in [3.63, 3.8) is 0 Å². The van der Waals surface area contributed by atoms with Crippen LogP contribution in [-0.2, 0) is 25.7 Å². The Hall–Kier alpha value is -3.23. The summed E-state index contributed by atoms with van der Waals surface area (Å²) in [5, 5.41) is 16.3. The third-order valence-corrected chi connectivity index (χ3v) is 9.19. The number of aryl methyl sites for hydroxylation is 2. The van der Waals surface area contributed by atoms with Crippen molar-refractivity contribution in [3.8, 4) is 0 Å². The molecule has 208 valence electrons. The monoisotopic (exact) mass is 533 g/mol. The number of nitrogens with one attached hydrogen (secondary N) is 2. The van der Waals surface area contributed by atoms with Gasteiger partial charge in [0.05, 0.1) is 30.1 Å². The van der Waals surface area contributed by atoms with E-state index in [1.165, 1.54) is 4.90 Å². The Bertz CT molecular complexity index is 1260. The standard InChI is InChI=1S/C31H39N3O5/c1-5-22(18-35)34-26(28(37)33-23-16-19(3)12-13-20(23)4)31-15-14-30(6-2,39-31)24(25(31)29(34)38)27(36)32-17-21-10-8-7-9-11-21/h7-13,16,22,24-26,35H,5-6,14-15,17-18H2,1-4H3,(H,32,36)(H,33,37)/t22-,24-,25-,26?,30+,31?/m0/s1. The molecule has 0 aliphatic carbocycles. The van der Waals surface area contributed by atoms with Crippen LogP contribution >= 0.6 is 0 Å². The number of benzene rings is 2. The number of aliphatic hydroxyl groups excluding tert-OH is 1. The van der Waals surface area contributed by atoms with Crippen LogP contribution in [0.4, 0.5) is 5.69 Å². The second kappa shape index (κ2) is 10.4. The van der Waals surface area contributed by atoms with Crippen LogP contribution in [0.3, 0.4) is 0 Å². The third kappa shape index (κ3) is 4.34. The zero-order chi connectivity index (χ0) is 27.9. The molecule has 3 fully saturated rings. The molecule has 3 amide bonds. The fourth-order valence-corrected chi connectivity index (χ4v) is 7.13. The molecule has 8 heteroatoms. The van der Waals surface area contributed by atoms with E-state index in [1.54, 1.807) is 0 Å². The van der Waals surface area contributed by atoms with Gasteiger partial charge in [-0.1, -0.05) is 56.3 Å². The van der Waals surface area contributed by atoms with E-state index in [4.69, 9.17) is 4.74 Å². The van der Waals surface area contributed by atoms with E-state index in [0.717, 1.165) is 16.7 Å². The van der Waals surface area contributed by atoms with Crippen LogP contribution in [0.5, 0.6) is 0 Å². The van der Waals surface area contributed by atoms with Crippen molar-refractivity contribution in [2.45, 2.75) is 83.2 Å². The maximum atomic E-state index is 14.2. The third-order valence-electron chi connectivity index (χ3n) is 9.19. The van der Waals surface area contributed by atoms with E-state index in [0.29, 0.717) is 37.9 Å². The molecule has 3 aliphatic heterocycles. The first kappa shape index (κ1) is 27.3. The Labute approximate surface area is 230 Å². The number of amides is 3. The Morgan fingerprint density at radius 3 is 2.51 bits per heavy atom. The number of carbonyl (C=O) groups excluding carboxylic acids is 3. The van der Waals surface area contributed by atoms with Crippen LogP contribution in [0.25, 0.3) is 0 Å². The lowest BCUT2D eigenvalue weighted by Gasteiger charge is -2.37. The summed E-state index contributed by atoms with van der Waals surface area (Å²) in [5.41, 5.74) is 1.61. The molecule has 0 saturated carbocycles. The molecule has 0 aromatic heterocycles. The molecule has 2 bridgehead atoms. The molecule has 5 rings (SSSR count). The lowest BCUT2D eigenvalue weighted by molar-refractivity contribution is -0.149. The van der Waals surface area contributed by atoms with Gasteiger partial charge in [-0.15, -0.1) is 0 Å². The summed E-state index contributed by atoms with van der Waals surface area (Å²) in [6.45, 7) is 7.82.